The van der Waals surface area contributed by atoms with Crippen LogP contribution in [0.5, 0.6) is 5.75 Å². The van der Waals surface area contributed by atoms with E-state index < -0.39 is 17.7 Å². The molecule has 0 spiro atoms. The lowest BCUT2D eigenvalue weighted by molar-refractivity contribution is -0.130. The molecular weight excluding hydrogens is 322 g/mol. The molecule has 1 heterocycles. The predicted octanol–water partition coefficient (Wildman–Crippen LogP) is 2.79. The maximum absolute atomic E-state index is 12.5. The number of ether oxygens (including phenoxy) is 2. The van der Waals surface area contributed by atoms with Crippen LogP contribution in [0.4, 0.5) is 0 Å². The molecule has 1 aliphatic heterocycles. The molecule has 0 fully saturated rings. The fourth-order valence-corrected chi connectivity index (χ4v) is 2.90. The summed E-state index contributed by atoms with van der Waals surface area (Å²) in [5.41, 5.74) is 0.864. The Hall–Kier alpha value is -2.34. The van der Waals surface area contributed by atoms with Crippen molar-refractivity contribution in [3.05, 3.63) is 41.2 Å². The van der Waals surface area contributed by atoms with E-state index in [1.165, 1.54) is 4.90 Å². The van der Waals surface area contributed by atoms with Gasteiger partial charge in [-0.15, -0.1) is 0 Å². The van der Waals surface area contributed by atoms with Gasteiger partial charge in [0.1, 0.15) is 5.75 Å². The summed E-state index contributed by atoms with van der Waals surface area (Å²) in [5.74, 6) is -0.634. The van der Waals surface area contributed by atoms with Crippen LogP contribution >= 0.6 is 0 Å². The fraction of sp³-hybridized carbons (Fsp3) is 0.474. The molecule has 2 rings (SSSR count). The number of hydrogen-bond donors (Lipinski definition) is 1. The second kappa shape index (κ2) is 8.16. The van der Waals surface area contributed by atoms with Crippen LogP contribution < -0.4 is 4.74 Å². The molecule has 1 N–H and O–H groups in total. The Morgan fingerprint density at radius 1 is 1.36 bits per heavy atom. The van der Waals surface area contributed by atoms with Gasteiger partial charge in [0.25, 0.3) is 5.91 Å². The zero-order chi connectivity index (χ0) is 18.6. The van der Waals surface area contributed by atoms with Crippen LogP contribution in [-0.2, 0) is 14.3 Å². The van der Waals surface area contributed by atoms with Crippen LogP contribution in [0.15, 0.2) is 35.6 Å². The maximum atomic E-state index is 12.5. The van der Waals surface area contributed by atoms with Gasteiger partial charge >= 0.3 is 0 Å². The van der Waals surface area contributed by atoms with Gasteiger partial charge < -0.3 is 19.5 Å². The number of aliphatic hydroxyl groups is 1. The van der Waals surface area contributed by atoms with Gasteiger partial charge in [0.15, 0.2) is 11.5 Å². The topological polar surface area (TPSA) is 76.1 Å². The van der Waals surface area contributed by atoms with E-state index in [-0.39, 0.29) is 30.4 Å². The molecule has 0 saturated heterocycles. The number of hydrogen-bond acceptors (Lipinski definition) is 5. The first-order valence-corrected chi connectivity index (χ1v) is 8.43. The molecule has 1 unspecified atom stereocenters. The molecule has 25 heavy (non-hydrogen) atoms. The smallest absolute Gasteiger partial charge is 0.290 e. The van der Waals surface area contributed by atoms with Gasteiger partial charge in [-0.3, -0.25) is 9.59 Å². The summed E-state index contributed by atoms with van der Waals surface area (Å²) in [5, 5.41) is 10.3. The number of nitrogens with zero attached hydrogens (tertiary/aromatic N) is 1. The SMILES string of the molecule is CCC(=O)C1=C(O)C(=O)N(CCOC(C)C)C1c1cccc(OC)c1. The zero-order valence-corrected chi connectivity index (χ0v) is 15.1. The minimum atomic E-state index is -0.634. The van der Waals surface area contributed by atoms with Crippen molar-refractivity contribution in [2.75, 3.05) is 20.3 Å². The van der Waals surface area contributed by atoms with Crippen molar-refractivity contribution in [1.82, 2.24) is 4.90 Å². The van der Waals surface area contributed by atoms with E-state index in [1.54, 1.807) is 32.2 Å². The molecule has 6 heteroatoms. The van der Waals surface area contributed by atoms with E-state index in [4.69, 9.17) is 9.47 Å². The maximum Gasteiger partial charge on any atom is 0.290 e. The van der Waals surface area contributed by atoms with Gasteiger partial charge in [0.2, 0.25) is 0 Å². The minimum absolute atomic E-state index is 0.0336. The molecule has 6 nitrogen and oxygen atoms in total. The molecule has 1 aromatic rings. The largest absolute Gasteiger partial charge is 0.503 e. The van der Waals surface area contributed by atoms with E-state index >= 15 is 0 Å². The summed E-state index contributed by atoms with van der Waals surface area (Å²) < 4.78 is 10.8. The summed E-state index contributed by atoms with van der Waals surface area (Å²) in [7, 11) is 1.55. The molecule has 1 amide bonds. The van der Waals surface area contributed by atoms with Crippen molar-refractivity contribution in [3.63, 3.8) is 0 Å². The number of aliphatic hydroxyl groups excluding tert-OH is 1. The third-order valence-corrected chi connectivity index (χ3v) is 4.12. The second-order valence-electron chi connectivity index (χ2n) is 6.14. The highest BCUT2D eigenvalue weighted by atomic mass is 16.5. The van der Waals surface area contributed by atoms with Gasteiger partial charge in [-0.25, -0.2) is 0 Å². The predicted molar refractivity (Wildman–Crippen MR) is 93.5 cm³/mol. The van der Waals surface area contributed by atoms with Crippen molar-refractivity contribution in [3.8, 4) is 5.75 Å². The van der Waals surface area contributed by atoms with Crippen molar-refractivity contribution in [2.24, 2.45) is 0 Å². The third-order valence-electron chi connectivity index (χ3n) is 4.12. The lowest BCUT2D eigenvalue weighted by atomic mass is 9.95. The summed E-state index contributed by atoms with van der Waals surface area (Å²) in [6, 6.07) is 6.54. The lowest BCUT2D eigenvalue weighted by Gasteiger charge is -2.27. The van der Waals surface area contributed by atoms with Crippen LogP contribution in [0.3, 0.4) is 0 Å². The van der Waals surface area contributed by atoms with Gasteiger partial charge in [-0.2, -0.15) is 0 Å². The Morgan fingerprint density at radius 2 is 2.08 bits per heavy atom. The van der Waals surface area contributed by atoms with E-state index in [9.17, 15) is 14.7 Å². The highest BCUT2D eigenvalue weighted by molar-refractivity contribution is 6.08. The van der Waals surface area contributed by atoms with Crippen LogP contribution in [0.25, 0.3) is 0 Å². The van der Waals surface area contributed by atoms with Crippen LogP contribution in [0.1, 0.15) is 38.8 Å². The number of ketones is 1. The van der Waals surface area contributed by atoms with E-state index in [1.807, 2.05) is 19.9 Å². The molecular formula is C19H25NO5. The molecule has 1 aromatic carbocycles. The van der Waals surface area contributed by atoms with Crippen molar-refractivity contribution in [1.29, 1.82) is 0 Å². The standard InChI is InChI=1S/C19H25NO5/c1-5-15(21)16-17(13-7-6-8-14(11-13)24-4)20(19(23)18(16)22)9-10-25-12(2)3/h6-8,11-12,17,22H,5,9-10H2,1-4H3. The summed E-state index contributed by atoms with van der Waals surface area (Å²) >= 11 is 0. The zero-order valence-electron chi connectivity index (χ0n) is 15.1. The second-order valence-corrected chi connectivity index (χ2v) is 6.14. The van der Waals surface area contributed by atoms with Crippen molar-refractivity contribution < 1.29 is 24.2 Å². The highest BCUT2D eigenvalue weighted by Crippen LogP contribution is 2.38. The van der Waals surface area contributed by atoms with Crippen LogP contribution in [-0.4, -0.2) is 48.1 Å². The molecule has 1 aliphatic rings. The molecule has 0 bridgehead atoms. The molecule has 0 aromatic heterocycles. The third kappa shape index (κ3) is 4.02. The Balaban J connectivity index is 2.41. The number of benzene rings is 1. The molecule has 0 aliphatic carbocycles. The normalized spacial score (nSPS) is 17.6. The van der Waals surface area contributed by atoms with E-state index in [0.717, 1.165) is 5.56 Å². The summed E-state index contributed by atoms with van der Waals surface area (Å²) in [6.07, 6.45) is 0.245. The van der Waals surface area contributed by atoms with Crippen LogP contribution in [0, 0.1) is 0 Å². The monoisotopic (exact) mass is 347 g/mol. The highest BCUT2D eigenvalue weighted by Gasteiger charge is 2.42. The van der Waals surface area contributed by atoms with E-state index in [2.05, 4.69) is 0 Å². The molecule has 136 valence electrons. The first kappa shape index (κ1) is 19.0. The average Bonchev–Trinajstić information content (AvgIpc) is 2.85. The number of amides is 1. The molecule has 1 atom stereocenters. The molecule has 0 radical (unpaired) electrons. The Kier molecular flexibility index (Phi) is 6.20. The minimum Gasteiger partial charge on any atom is -0.503 e. The number of rotatable bonds is 8. The fourth-order valence-electron chi connectivity index (χ4n) is 2.90. The Bertz CT molecular complexity index is 680. The number of carbonyl (C=O) groups is 2. The lowest BCUT2D eigenvalue weighted by Crippen LogP contribution is -2.34. The van der Waals surface area contributed by atoms with Crippen molar-refractivity contribution >= 4 is 11.7 Å². The van der Waals surface area contributed by atoms with Gasteiger partial charge in [-0.1, -0.05) is 19.1 Å². The number of Topliss-reactive ketones (excluding diaryl/α,β-unsaturated/α-hetero) is 1. The summed E-state index contributed by atoms with van der Waals surface area (Å²) in [4.78, 5) is 26.4. The quantitative estimate of drug-likeness (QED) is 0.782. The number of carbonyl (C=O) groups excluding carboxylic acids is 2. The summed E-state index contributed by atoms with van der Waals surface area (Å²) in [6.45, 7) is 6.13. The number of methoxy groups -OCH3 is 1. The Labute approximate surface area is 148 Å². The van der Waals surface area contributed by atoms with Crippen molar-refractivity contribution in [2.45, 2.75) is 39.3 Å². The average molecular weight is 347 g/mol. The van der Waals surface area contributed by atoms with Gasteiger partial charge in [0.05, 0.1) is 31.4 Å². The van der Waals surface area contributed by atoms with Gasteiger partial charge in [0, 0.05) is 13.0 Å². The molecule has 0 saturated carbocycles. The Morgan fingerprint density at radius 3 is 2.68 bits per heavy atom. The first-order chi connectivity index (χ1) is 11.9. The van der Waals surface area contributed by atoms with Crippen LogP contribution in [0.2, 0.25) is 0 Å². The van der Waals surface area contributed by atoms with E-state index in [0.29, 0.717) is 12.4 Å². The van der Waals surface area contributed by atoms with Gasteiger partial charge in [-0.05, 0) is 31.5 Å². The first-order valence-electron chi connectivity index (χ1n) is 8.43.